The van der Waals surface area contributed by atoms with Gasteiger partial charge < -0.3 is 13.3 Å². The van der Waals surface area contributed by atoms with Crippen molar-refractivity contribution in [1.82, 2.24) is 0 Å². The van der Waals surface area contributed by atoms with Crippen LogP contribution in [-0.4, -0.2) is 30.1 Å². The lowest BCUT2D eigenvalue weighted by atomic mass is 10.3. The van der Waals surface area contributed by atoms with Crippen molar-refractivity contribution in [2.24, 2.45) is 0 Å². The lowest BCUT2D eigenvalue weighted by molar-refractivity contribution is 0.138. The summed E-state index contributed by atoms with van der Waals surface area (Å²) < 4.78 is 15.6. The molecule has 0 saturated carbocycles. The Hall–Kier alpha value is -0.163. The molecule has 0 aromatic rings. The fourth-order valence-electron chi connectivity index (χ4n) is 0.848. The van der Waals surface area contributed by atoms with Crippen LogP contribution in [0.4, 0.5) is 0 Å². The van der Waals surface area contributed by atoms with Crippen LogP contribution in [-0.2, 0) is 13.3 Å². The lowest BCUT2D eigenvalue weighted by Crippen LogP contribution is -2.40. The van der Waals surface area contributed by atoms with Gasteiger partial charge in [0.15, 0.2) is 0 Å². The first-order valence-electron chi connectivity index (χ1n) is 4.07. The summed E-state index contributed by atoms with van der Waals surface area (Å²) in [5.41, 5.74) is 1.91. The van der Waals surface area contributed by atoms with Crippen molar-refractivity contribution in [3.63, 3.8) is 0 Å². The molecule has 0 amide bonds. The van der Waals surface area contributed by atoms with E-state index in [0.717, 1.165) is 12.8 Å². The molecule has 0 spiro atoms. The SMILES string of the molecule is CCCC=C[Si](OC)(OC)OC. The molecule has 0 aliphatic carbocycles. The molecular weight excluding hydrogens is 172 g/mol. The third-order valence-electron chi connectivity index (χ3n) is 1.63. The van der Waals surface area contributed by atoms with E-state index in [2.05, 4.69) is 6.92 Å². The molecule has 12 heavy (non-hydrogen) atoms. The summed E-state index contributed by atoms with van der Waals surface area (Å²) in [7, 11) is 2.38. The molecule has 72 valence electrons. The molecule has 0 saturated heterocycles. The van der Waals surface area contributed by atoms with Gasteiger partial charge in [-0.25, -0.2) is 0 Å². The van der Waals surface area contributed by atoms with E-state index in [4.69, 9.17) is 13.3 Å². The Morgan fingerprint density at radius 3 is 1.92 bits per heavy atom. The van der Waals surface area contributed by atoms with Gasteiger partial charge in [0, 0.05) is 21.3 Å². The molecule has 0 atom stereocenters. The third kappa shape index (κ3) is 3.49. The van der Waals surface area contributed by atoms with E-state index >= 15 is 0 Å². The second-order valence-corrected chi connectivity index (χ2v) is 5.17. The maximum absolute atomic E-state index is 5.19. The van der Waals surface area contributed by atoms with E-state index in [1.54, 1.807) is 21.3 Å². The first-order chi connectivity index (χ1) is 5.74. The molecular formula is C8H18O3Si. The predicted molar refractivity (Wildman–Crippen MR) is 50.8 cm³/mol. The molecule has 0 heterocycles. The second kappa shape index (κ2) is 6.36. The zero-order valence-electron chi connectivity index (χ0n) is 8.29. The van der Waals surface area contributed by atoms with Gasteiger partial charge >= 0.3 is 8.80 Å². The van der Waals surface area contributed by atoms with Crippen molar-refractivity contribution in [2.45, 2.75) is 19.8 Å². The monoisotopic (exact) mass is 190 g/mol. The summed E-state index contributed by atoms with van der Waals surface area (Å²) in [6.07, 6.45) is 4.20. The molecule has 0 radical (unpaired) electrons. The molecule has 0 bridgehead atoms. The average molecular weight is 190 g/mol. The van der Waals surface area contributed by atoms with Crippen LogP contribution in [0.15, 0.2) is 11.8 Å². The van der Waals surface area contributed by atoms with Crippen LogP contribution in [0, 0.1) is 0 Å². The van der Waals surface area contributed by atoms with Crippen LogP contribution in [0.3, 0.4) is 0 Å². The summed E-state index contributed by atoms with van der Waals surface area (Å²) in [5.74, 6) is 0. The van der Waals surface area contributed by atoms with Crippen molar-refractivity contribution >= 4 is 8.80 Å². The van der Waals surface area contributed by atoms with Gasteiger partial charge in [0.2, 0.25) is 0 Å². The maximum Gasteiger partial charge on any atom is 0.528 e. The Morgan fingerprint density at radius 1 is 1.08 bits per heavy atom. The Labute approximate surface area is 75.7 Å². The molecule has 0 unspecified atom stereocenters. The number of hydrogen-bond acceptors (Lipinski definition) is 3. The summed E-state index contributed by atoms with van der Waals surface area (Å²) in [5, 5.41) is 0. The summed E-state index contributed by atoms with van der Waals surface area (Å²) in [6.45, 7) is 2.12. The molecule has 0 fully saturated rings. The molecule has 0 rings (SSSR count). The van der Waals surface area contributed by atoms with Crippen LogP contribution < -0.4 is 0 Å². The van der Waals surface area contributed by atoms with Gasteiger partial charge in [-0.05, 0) is 12.1 Å². The Bertz CT molecular complexity index is 124. The highest BCUT2D eigenvalue weighted by atomic mass is 28.4. The second-order valence-electron chi connectivity index (χ2n) is 2.41. The van der Waals surface area contributed by atoms with Crippen molar-refractivity contribution in [3.8, 4) is 0 Å². The highest BCUT2D eigenvalue weighted by Gasteiger charge is 2.33. The minimum absolute atomic E-state index is 1.03. The summed E-state index contributed by atoms with van der Waals surface area (Å²) >= 11 is 0. The van der Waals surface area contributed by atoms with E-state index in [9.17, 15) is 0 Å². The number of rotatable bonds is 6. The number of unbranched alkanes of at least 4 members (excludes halogenated alkanes) is 1. The molecule has 0 aromatic carbocycles. The Kier molecular flexibility index (Phi) is 6.28. The van der Waals surface area contributed by atoms with Crippen LogP contribution in [0.2, 0.25) is 0 Å². The maximum atomic E-state index is 5.19. The van der Waals surface area contributed by atoms with Gasteiger partial charge in [-0.1, -0.05) is 19.4 Å². The zero-order valence-corrected chi connectivity index (χ0v) is 9.29. The minimum atomic E-state index is -2.44. The quantitative estimate of drug-likeness (QED) is 0.597. The van der Waals surface area contributed by atoms with Crippen LogP contribution in [0.1, 0.15) is 19.8 Å². The van der Waals surface area contributed by atoms with Crippen molar-refractivity contribution < 1.29 is 13.3 Å². The van der Waals surface area contributed by atoms with Gasteiger partial charge in [-0.15, -0.1) is 0 Å². The fourth-order valence-corrected chi connectivity index (χ4v) is 2.21. The van der Waals surface area contributed by atoms with Gasteiger partial charge in [0.05, 0.1) is 0 Å². The van der Waals surface area contributed by atoms with E-state index in [-0.39, 0.29) is 0 Å². The molecule has 3 nitrogen and oxygen atoms in total. The fraction of sp³-hybridized carbons (Fsp3) is 0.750. The first-order valence-corrected chi connectivity index (χ1v) is 5.88. The Balaban J connectivity index is 4.09. The summed E-state index contributed by atoms with van der Waals surface area (Å²) in [6, 6.07) is 0. The van der Waals surface area contributed by atoms with Crippen molar-refractivity contribution in [2.75, 3.05) is 21.3 Å². The highest BCUT2D eigenvalue weighted by Crippen LogP contribution is 2.08. The topological polar surface area (TPSA) is 27.7 Å². The van der Waals surface area contributed by atoms with Crippen molar-refractivity contribution in [1.29, 1.82) is 0 Å². The van der Waals surface area contributed by atoms with Crippen LogP contribution in [0.5, 0.6) is 0 Å². The standard InChI is InChI=1S/C8H18O3Si/c1-5-6-7-8-12(9-2,10-3)11-4/h7-8H,5-6H2,1-4H3. The normalized spacial score (nSPS) is 12.7. The minimum Gasteiger partial charge on any atom is -0.374 e. The van der Waals surface area contributed by atoms with E-state index in [0.29, 0.717) is 0 Å². The van der Waals surface area contributed by atoms with Gasteiger partial charge in [0.25, 0.3) is 0 Å². The molecule has 0 aromatic heterocycles. The largest absolute Gasteiger partial charge is 0.528 e. The van der Waals surface area contributed by atoms with Crippen LogP contribution in [0.25, 0.3) is 0 Å². The third-order valence-corrected chi connectivity index (χ3v) is 3.98. The van der Waals surface area contributed by atoms with E-state index in [1.807, 2.05) is 11.8 Å². The number of allylic oxidation sites excluding steroid dienone is 1. The van der Waals surface area contributed by atoms with Crippen LogP contribution >= 0.6 is 0 Å². The highest BCUT2D eigenvalue weighted by molar-refractivity contribution is 6.66. The van der Waals surface area contributed by atoms with Gasteiger partial charge in [0.1, 0.15) is 0 Å². The predicted octanol–water partition coefficient (Wildman–Crippen LogP) is 1.76. The molecule has 0 N–H and O–H groups in total. The first kappa shape index (κ1) is 11.8. The van der Waals surface area contributed by atoms with E-state index < -0.39 is 8.80 Å². The zero-order chi connectivity index (χ0) is 9.45. The Morgan fingerprint density at radius 2 is 1.58 bits per heavy atom. The summed E-state index contributed by atoms with van der Waals surface area (Å²) in [4.78, 5) is 0. The van der Waals surface area contributed by atoms with E-state index in [1.165, 1.54) is 0 Å². The molecule has 0 aliphatic heterocycles. The molecule has 0 aliphatic rings. The number of hydrogen-bond donors (Lipinski definition) is 0. The van der Waals surface area contributed by atoms with Gasteiger partial charge in [-0.3, -0.25) is 0 Å². The van der Waals surface area contributed by atoms with Gasteiger partial charge in [-0.2, -0.15) is 0 Å². The molecule has 4 heteroatoms. The smallest absolute Gasteiger partial charge is 0.374 e. The average Bonchev–Trinajstić information content (AvgIpc) is 2.14. The lowest BCUT2D eigenvalue weighted by Gasteiger charge is -2.20. The van der Waals surface area contributed by atoms with Crippen molar-refractivity contribution in [3.05, 3.63) is 11.8 Å².